The number of hydrogen-bond donors (Lipinski definition) is 3. The van der Waals surface area contributed by atoms with Gasteiger partial charge in [0.15, 0.2) is 5.78 Å². The van der Waals surface area contributed by atoms with Gasteiger partial charge in [0.05, 0.1) is 11.6 Å². The fraction of sp³-hybridized carbons (Fsp3) is 0.308. The van der Waals surface area contributed by atoms with Crippen LogP contribution in [0.1, 0.15) is 43.2 Å². The summed E-state index contributed by atoms with van der Waals surface area (Å²) in [4.78, 5) is 41.2. The van der Waals surface area contributed by atoms with Crippen LogP contribution in [0, 0.1) is 0 Å². The quantitative estimate of drug-likeness (QED) is 0.211. The van der Waals surface area contributed by atoms with Gasteiger partial charge in [-0.05, 0) is 30.0 Å². The van der Waals surface area contributed by atoms with Crippen LogP contribution in [0.2, 0.25) is 0 Å². The molecule has 34 heavy (non-hydrogen) atoms. The zero-order chi connectivity index (χ0) is 24.2. The number of Topliss-reactive ketones (excluding diaryl/α,β-unsaturated/α-hetero) is 1. The van der Waals surface area contributed by atoms with Gasteiger partial charge in [-0.15, -0.1) is 0 Å². The first-order valence-corrected chi connectivity index (χ1v) is 11.3. The van der Waals surface area contributed by atoms with E-state index in [1.54, 1.807) is 11.7 Å². The van der Waals surface area contributed by atoms with E-state index in [2.05, 4.69) is 10.3 Å². The number of nitrogens with one attached hydrogen (secondary N) is 2. The van der Waals surface area contributed by atoms with Gasteiger partial charge in [0.1, 0.15) is 6.61 Å². The molecule has 8 nitrogen and oxygen atoms in total. The van der Waals surface area contributed by atoms with Crippen molar-refractivity contribution < 1.29 is 24.3 Å². The predicted octanol–water partition coefficient (Wildman–Crippen LogP) is 4.10. The SMILES string of the molecule is O=C(CCCCC[C@H](NC(=O)OCc1ccccc1)C(=O)Cc1cccc2cccnc12)NO. The number of fused-ring (bicyclic) bond motifs is 1. The summed E-state index contributed by atoms with van der Waals surface area (Å²) in [6, 6.07) is 18.1. The van der Waals surface area contributed by atoms with E-state index in [4.69, 9.17) is 9.94 Å². The molecule has 1 atom stereocenters. The van der Waals surface area contributed by atoms with Crippen LogP contribution in [0.25, 0.3) is 10.9 Å². The minimum absolute atomic E-state index is 0.108. The summed E-state index contributed by atoms with van der Waals surface area (Å²) < 4.78 is 5.31. The van der Waals surface area contributed by atoms with Crippen molar-refractivity contribution in [3.8, 4) is 0 Å². The summed E-state index contributed by atoms with van der Waals surface area (Å²) in [7, 11) is 0. The molecule has 0 fully saturated rings. The van der Waals surface area contributed by atoms with Gasteiger partial charge in [0.2, 0.25) is 5.91 Å². The van der Waals surface area contributed by atoms with E-state index in [0.29, 0.717) is 25.7 Å². The highest BCUT2D eigenvalue weighted by Crippen LogP contribution is 2.18. The van der Waals surface area contributed by atoms with Crippen molar-refractivity contribution in [3.63, 3.8) is 0 Å². The number of carbonyl (C=O) groups is 3. The van der Waals surface area contributed by atoms with Crippen molar-refractivity contribution in [2.24, 2.45) is 0 Å². The van der Waals surface area contributed by atoms with Gasteiger partial charge in [-0.1, -0.05) is 67.4 Å². The van der Waals surface area contributed by atoms with Gasteiger partial charge >= 0.3 is 6.09 Å². The maximum Gasteiger partial charge on any atom is 0.408 e. The fourth-order valence-electron chi connectivity index (χ4n) is 3.71. The zero-order valence-electron chi connectivity index (χ0n) is 18.9. The molecule has 178 valence electrons. The maximum atomic E-state index is 13.2. The fourth-order valence-corrected chi connectivity index (χ4v) is 3.71. The van der Waals surface area contributed by atoms with Gasteiger partial charge in [-0.3, -0.25) is 19.8 Å². The zero-order valence-corrected chi connectivity index (χ0v) is 18.9. The molecule has 1 aromatic heterocycles. The lowest BCUT2D eigenvalue weighted by molar-refractivity contribution is -0.129. The van der Waals surface area contributed by atoms with Crippen LogP contribution in [-0.2, 0) is 27.4 Å². The van der Waals surface area contributed by atoms with E-state index in [0.717, 1.165) is 22.0 Å². The first-order chi connectivity index (χ1) is 16.6. The Bertz CT molecular complexity index is 1100. The van der Waals surface area contributed by atoms with Crippen molar-refractivity contribution >= 4 is 28.7 Å². The second-order valence-corrected chi connectivity index (χ2v) is 8.03. The minimum Gasteiger partial charge on any atom is -0.445 e. The molecule has 2 amide bonds. The highest BCUT2D eigenvalue weighted by molar-refractivity contribution is 5.92. The lowest BCUT2D eigenvalue weighted by Gasteiger charge is -2.18. The van der Waals surface area contributed by atoms with E-state index < -0.39 is 18.0 Å². The summed E-state index contributed by atoms with van der Waals surface area (Å²) in [5, 5.41) is 12.3. The molecular formula is C26H29N3O5. The smallest absolute Gasteiger partial charge is 0.408 e. The van der Waals surface area contributed by atoms with Crippen LogP contribution in [0.5, 0.6) is 0 Å². The number of aromatic nitrogens is 1. The number of hydroxylamine groups is 1. The molecule has 1 heterocycles. The van der Waals surface area contributed by atoms with E-state index in [-0.39, 0.29) is 25.2 Å². The third-order valence-electron chi connectivity index (χ3n) is 5.50. The normalized spacial score (nSPS) is 11.6. The summed E-state index contributed by atoms with van der Waals surface area (Å²) in [6.07, 6.45) is 3.65. The molecular weight excluding hydrogens is 434 g/mol. The number of para-hydroxylation sites is 1. The number of unbranched alkanes of at least 4 members (excludes halogenated alkanes) is 2. The summed E-state index contributed by atoms with van der Waals surface area (Å²) >= 11 is 0. The number of nitrogens with zero attached hydrogens (tertiary/aromatic N) is 1. The third kappa shape index (κ3) is 7.67. The van der Waals surface area contributed by atoms with Crippen LogP contribution >= 0.6 is 0 Å². The lowest BCUT2D eigenvalue weighted by atomic mass is 9.97. The number of alkyl carbamates (subject to hydrolysis) is 1. The number of benzene rings is 2. The van der Waals surface area contributed by atoms with Gasteiger partial charge in [0, 0.05) is 24.4 Å². The number of hydrogen-bond acceptors (Lipinski definition) is 6. The van der Waals surface area contributed by atoms with E-state index in [9.17, 15) is 14.4 Å². The maximum absolute atomic E-state index is 13.2. The Kier molecular flexibility index (Phi) is 9.54. The minimum atomic E-state index is -0.728. The topological polar surface area (TPSA) is 118 Å². The lowest BCUT2D eigenvalue weighted by Crippen LogP contribution is -2.41. The predicted molar refractivity (Wildman–Crippen MR) is 127 cm³/mol. The van der Waals surface area contributed by atoms with Crippen LogP contribution in [-0.4, -0.2) is 34.0 Å². The molecule has 3 N–H and O–H groups in total. The third-order valence-corrected chi connectivity index (χ3v) is 5.50. The molecule has 8 heteroatoms. The highest BCUT2D eigenvalue weighted by atomic mass is 16.5. The second kappa shape index (κ2) is 13.1. The molecule has 0 aliphatic heterocycles. The highest BCUT2D eigenvalue weighted by Gasteiger charge is 2.22. The molecule has 3 rings (SSSR count). The summed E-state index contributed by atoms with van der Waals surface area (Å²) in [5.74, 6) is -0.582. The number of ketones is 1. The Morgan fingerprint density at radius 3 is 2.53 bits per heavy atom. The first kappa shape index (κ1) is 24.9. The molecule has 0 unspecified atom stereocenters. The monoisotopic (exact) mass is 463 g/mol. The number of carbonyl (C=O) groups excluding carboxylic acids is 3. The molecule has 0 saturated carbocycles. The Labute approximate surface area is 198 Å². The number of pyridine rings is 1. The number of ether oxygens (including phenoxy) is 1. The van der Waals surface area contributed by atoms with Gasteiger partial charge in [0.25, 0.3) is 0 Å². The summed E-state index contributed by atoms with van der Waals surface area (Å²) in [5.41, 5.74) is 4.02. The molecule has 0 spiro atoms. The van der Waals surface area contributed by atoms with Crippen LogP contribution in [0.15, 0.2) is 66.9 Å². The second-order valence-electron chi connectivity index (χ2n) is 8.03. The molecule has 2 aromatic carbocycles. The summed E-state index contributed by atoms with van der Waals surface area (Å²) in [6.45, 7) is 0.108. The van der Waals surface area contributed by atoms with Crippen molar-refractivity contribution in [2.75, 3.05) is 0 Å². The van der Waals surface area contributed by atoms with Gasteiger partial charge in [-0.25, -0.2) is 10.3 Å². The van der Waals surface area contributed by atoms with Crippen molar-refractivity contribution in [2.45, 2.75) is 51.2 Å². The Balaban J connectivity index is 1.62. The standard InChI is InChI=1S/C26H29N3O5/c30-23(17-21-12-7-11-20-13-8-16-27-25(20)21)22(14-5-2-6-15-24(31)29-33)28-26(32)34-18-19-9-3-1-4-10-19/h1,3-4,7-13,16,22,33H,2,5-6,14-15,17-18H2,(H,28,32)(H,29,31)/t22-/m0/s1. The average molecular weight is 464 g/mol. The van der Waals surface area contributed by atoms with Crippen LogP contribution in [0.3, 0.4) is 0 Å². The van der Waals surface area contributed by atoms with Crippen molar-refractivity contribution in [1.29, 1.82) is 0 Å². The Hall–Kier alpha value is -3.78. The van der Waals surface area contributed by atoms with Crippen molar-refractivity contribution in [3.05, 3.63) is 78.0 Å². The Morgan fingerprint density at radius 2 is 1.74 bits per heavy atom. The number of amides is 2. The van der Waals surface area contributed by atoms with Crippen LogP contribution < -0.4 is 10.8 Å². The molecule has 0 bridgehead atoms. The van der Waals surface area contributed by atoms with Crippen molar-refractivity contribution in [1.82, 2.24) is 15.8 Å². The molecule has 0 aliphatic carbocycles. The van der Waals surface area contributed by atoms with E-state index in [1.165, 1.54) is 0 Å². The average Bonchev–Trinajstić information content (AvgIpc) is 2.87. The molecule has 0 saturated heterocycles. The first-order valence-electron chi connectivity index (χ1n) is 11.3. The largest absolute Gasteiger partial charge is 0.445 e. The molecule has 0 aliphatic rings. The van der Waals surface area contributed by atoms with E-state index >= 15 is 0 Å². The van der Waals surface area contributed by atoms with Crippen LogP contribution in [0.4, 0.5) is 4.79 Å². The van der Waals surface area contributed by atoms with E-state index in [1.807, 2.05) is 60.7 Å². The molecule has 3 aromatic rings. The number of rotatable bonds is 12. The van der Waals surface area contributed by atoms with Gasteiger partial charge < -0.3 is 10.1 Å². The Morgan fingerprint density at radius 1 is 0.941 bits per heavy atom. The van der Waals surface area contributed by atoms with Gasteiger partial charge in [-0.2, -0.15) is 0 Å². The molecule has 0 radical (unpaired) electrons.